The first-order valence-corrected chi connectivity index (χ1v) is 10.6. The molecule has 11 heteroatoms. The third-order valence-corrected chi connectivity index (χ3v) is 6.25. The van der Waals surface area contributed by atoms with Crippen molar-refractivity contribution in [2.45, 2.75) is 11.3 Å². The van der Waals surface area contributed by atoms with Crippen LogP contribution in [0.25, 0.3) is 6.08 Å². The van der Waals surface area contributed by atoms with Crippen molar-refractivity contribution >= 4 is 40.9 Å². The quantitative estimate of drug-likeness (QED) is 0.416. The van der Waals surface area contributed by atoms with E-state index in [4.69, 9.17) is 4.74 Å². The van der Waals surface area contributed by atoms with Gasteiger partial charge in [-0.25, -0.2) is 4.79 Å². The number of methoxy groups -OCH3 is 1. The van der Waals surface area contributed by atoms with E-state index >= 15 is 0 Å². The van der Waals surface area contributed by atoms with Gasteiger partial charge in [-0.15, -0.1) is 0 Å². The number of ether oxygens (including phenoxy) is 1. The van der Waals surface area contributed by atoms with E-state index < -0.39 is 16.1 Å². The van der Waals surface area contributed by atoms with E-state index in [0.29, 0.717) is 21.4 Å². The molecule has 0 saturated heterocycles. The van der Waals surface area contributed by atoms with Crippen LogP contribution in [0.2, 0.25) is 0 Å². The Bertz CT molecular complexity index is 1030. The first kappa shape index (κ1) is 23.2. The zero-order valence-electron chi connectivity index (χ0n) is 16.4. The smallest absolute Gasteiger partial charge is 0.341 e. The fourth-order valence-electron chi connectivity index (χ4n) is 2.40. The van der Waals surface area contributed by atoms with Crippen LogP contribution in [0.5, 0.6) is 5.75 Å². The van der Waals surface area contributed by atoms with Gasteiger partial charge in [-0.2, -0.15) is 12.1 Å². The zero-order valence-corrected chi connectivity index (χ0v) is 18.1. The first-order chi connectivity index (χ1) is 14.3. The topological polar surface area (TPSA) is 118 Å². The van der Waals surface area contributed by atoms with E-state index in [2.05, 4.69) is 28.4 Å². The number of carbonyl (C=O) groups is 2. The molecule has 0 saturated carbocycles. The predicted molar refractivity (Wildman–Crippen MR) is 115 cm³/mol. The Morgan fingerprint density at radius 3 is 2.67 bits per heavy atom. The fourth-order valence-corrected chi connectivity index (χ4v) is 3.97. The summed E-state index contributed by atoms with van der Waals surface area (Å²) in [7, 11) is -1.63. The maximum Gasteiger partial charge on any atom is 0.341 e. The van der Waals surface area contributed by atoms with E-state index in [-0.39, 0.29) is 23.1 Å². The zero-order chi connectivity index (χ0) is 22.1. The van der Waals surface area contributed by atoms with Crippen LogP contribution in [-0.4, -0.2) is 49.8 Å². The molecule has 0 fully saturated rings. The van der Waals surface area contributed by atoms with Gasteiger partial charge in [0, 0.05) is 25.9 Å². The highest BCUT2D eigenvalue weighted by atomic mass is 32.3. The molecule has 2 aromatic rings. The molecule has 0 radical (unpaired) electrons. The van der Waals surface area contributed by atoms with Crippen molar-refractivity contribution in [3.8, 4) is 5.75 Å². The standard InChI is InChI=1S/C19H22N4O5S2/c1-20-19(25)23(29)30(26,27)17-13-14(6-8-16(17)28-2)10-12-22-18(24)9-7-15-5-3-4-11-21-15/h3-9,11,13,29H,10,12H2,1-2H3,(H,20,25)(H,22,24). The molecule has 0 bridgehead atoms. The Morgan fingerprint density at radius 1 is 1.27 bits per heavy atom. The number of amides is 3. The van der Waals surface area contributed by atoms with E-state index in [0.717, 1.165) is 0 Å². The van der Waals surface area contributed by atoms with Gasteiger partial charge in [-0.3, -0.25) is 9.78 Å². The summed E-state index contributed by atoms with van der Waals surface area (Å²) in [4.78, 5) is 27.5. The monoisotopic (exact) mass is 450 g/mol. The van der Waals surface area contributed by atoms with E-state index in [9.17, 15) is 18.0 Å². The van der Waals surface area contributed by atoms with Gasteiger partial charge in [0.15, 0.2) is 0 Å². The van der Waals surface area contributed by atoms with Gasteiger partial charge < -0.3 is 15.4 Å². The summed E-state index contributed by atoms with van der Waals surface area (Å²) in [5.41, 5.74) is 1.28. The maximum absolute atomic E-state index is 12.7. The summed E-state index contributed by atoms with van der Waals surface area (Å²) in [6, 6.07) is 9.01. The number of benzene rings is 1. The van der Waals surface area contributed by atoms with Crippen molar-refractivity contribution in [1.82, 2.24) is 19.3 Å². The maximum atomic E-state index is 12.7. The van der Waals surface area contributed by atoms with Crippen molar-refractivity contribution in [1.29, 1.82) is 0 Å². The van der Waals surface area contributed by atoms with Gasteiger partial charge in [-0.05, 0) is 55.1 Å². The minimum atomic E-state index is -4.24. The summed E-state index contributed by atoms with van der Waals surface area (Å²) in [6.45, 7) is 0.275. The van der Waals surface area contributed by atoms with Gasteiger partial charge in [0.2, 0.25) is 5.91 Å². The minimum absolute atomic E-state index is 0.0732. The molecular formula is C19H22N4O5S2. The SMILES string of the molecule is CNC(=O)N(S)S(=O)(=O)c1cc(CCNC(=O)C=Cc2ccccn2)ccc1OC. The molecule has 3 amide bonds. The Balaban J connectivity index is 2.07. The van der Waals surface area contributed by atoms with Crippen LogP contribution in [0.1, 0.15) is 11.3 Å². The van der Waals surface area contributed by atoms with Crippen LogP contribution in [-0.2, 0) is 21.2 Å². The number of sulfonamides is 1. The summed E-state index contributed by atoms with van der Waals surface area (Å²) < 4.78 is 30.8. The number of urea groups is 1. The van der Waals surface area contributed by atoms with Gasteiger partial charge >= 0.3 is 6.03 Å². The lowest BCUT2D eigenvalue weighted by Gasteiger charge is -2.18. The molecule has 1 aromatic heterocycles. The number of thiol groups is 1. The lowest BCUT2D eigenvalue weighted by atomic mass is 10.1. The lowest BCUT2D eigenvalue weighted by Crippen LogP contribution is -2.35. The molecular weight excluding hydrogens is 428 g/mol. The number of hydrogen-bond acceptors (Lipinski definition) is 7. The molecule has 160 valence electrons. The third kappa shape index (κ3) is 5.97. The highest BCUT2D eigenvalue weighted by Crippen LogP contribution is 2.29. The average molecular weight is 451 g/mol. The Hall–Kier alpha value is -3.05. The van der Waals surface area contributed by atoms with E-state index in [1.807, 2.05) is 6.07 Å². The molecule has 0 unspecified atom stereocenters. The van der Waals surface area contributed by atoms with E-state index in [1.54, 1.807) is 30.5 Å². The number of carbonyl (C=O) groups excluding carboxylic acids is 2. The second-order valence-electron chi connectivity index (χ2n) is 5.92. The number of rotatable bonds is 8. The average Bonchev–Trinajstić information content (AvgIpc) is 2.77. The molecule has 0 aliphatic carbocycles. The summed E-state index contributed by atoms with van der Waals surface area (Å²) >= 11 is 3.78. The second kappa shape index (κ2) is 10.6. The molecule has 1 aromatic carbocycles. The Kier molecular flexibility index (Phi) is 8.25. The number of pyridine rings is 1. The van der Waals surface area contributed by atoms with Crippen molar-refractivity contribution in [2.24, 2.45) is 0 Å². The van der Waals surface area contributed by atoms with Crippen LogP contribution >= 0.6 is 12.8 Å². The van der Waals surface area contributed by atoms with Crippen LogP contribution in [0, 0.1) is 0 Å². The first-order valence-electron chi connectivity index (χ1n) is 8.79. The van der Waals surface area contributed by atoms with Gasteiger partial charge in [-0.1, -0.05) is 12.1 Å². The molecule has 0 aliphatic rings. The Labute approximate surface area is 180 Å². The van der Waals surface area contributed by atoms with Crippen molar-refractivity contribution in [3.05, 3.63) is 59.9 Å². The molecule has 0 aliphatic heterocycles. The highest BCUT2D eigenvalue weighted by Gasteiger charge is 2.29. The molecule has 9 nitrogen and oxygen atoms in total. The summed E-state index contributed by atoms with van der Waals surface area (Å²) in [5, 5.41) is 4.91. The number of hydrogen-bond donors (Lipinski definition) is 3. The normalized spacial score (nSPS) is 11.2. The second-order valence-corrected chi connectivity index (χ2v) is 8.34. The van der Waals surface area contributed by atoms with Crippen molar-refractivity contribution in [3.63, 3.8) is 0 Å². The largest absolute Gasteiger partial charge is 0.495 e. The number of nitrogens with one attached hydrogen (secondary N) is 2. The van der Waals surface area contributed by atoms with Crippen LogP contribution in [0.15, 0.2) is 53.6 Å². The molecule has 1 heterocycles. The van der Waals surface area contributed by atoms with Crippen molar-refractivity contribution in [2.75, 3.05) is 20.7 Å². The molecule has 2 rings (SSSR count). The lowest BCUT2D eigenvalue weighted by molar-refractivity contribution is -0.116. The summed E-state index contributed by atoms with van der Waals surface area (Å²) in [5.74, 6) is -0.229. The van der Waals surface area contributed by atoms with Crippen LogP contribution < -0.4 is 15.4 Å². The summed E-state index contributed by atoms with van der Waals surface area (Å²) in [6.07, 6.45) is 4.95. The number of nitrogens with zero attached hydrogens (tertiary/aromatic N) is 2. The van der Waals surface area contributed by atoms with Crippen molar-refractivity contribution < 1.29 is 22.7 Å². The number of aromatic nitrogens is 1. The fraction of sp³-hybridized carbons (Fsp3) is 0.211. The van der Waals surface area contributed by atoms with Gasteiger partial charge in [0.05, 0.1) is 12.8 Å². The minimum Gasteiger partial charge on any atom is -0.495 e. The molecule has 0 atom stereocenters. The predicted octanol–water partition coefficient (Wildman–Crippen LogP) is 1.64. The van der Waals surface area contributed by atoms with Crippen LogP contribution in [0.4, 0.5) is 4.79 Å². The molecule has 30 heavy (non-hydrogen) atoms. The molecule has 2 N–H and O–H groups in total. The van der Waals surface area contributed by atoms with E-state index in [1.165, 1.54) is 32.4 Å². The third-order valence-electron chi connectivity index (χ3n) is 3.93. The highest BCUT2D eigenvalue weighted by molar-refractivity contribution is 8.00. The Morgan fingerprint density at radius 2 is 2.03 bits per heavy atom. The van der Waals surface area contributed by atoms with Crippen LogP contribution in [0.3, 0.4) is 0 Å². The van der Waals surface area contributed by atoms with Gasteiger partial charge in [0.25, 0.3) is 10.0 Å². The molecule has 0 spiro atoms. The van der Waals surface area contributed by atoms with Gasteiger partial charge in [0.1, 0.15) is 10.6 Å².